The van der Waals surface area contributed by atoms with Gasteiger partial charge >= 0.3 is 5.97 Å². The van der Waals surface area contributed by atoms with Gasteiger partial charge in [0.2, 0.25) is 0 Å². The summed E-state index contributed by atoms with van der Waals surface area (Å²) in [4.78, 5) is 25.1. The summed E-state index contributed by atoms with van der Waals surface area (Å²) in [5.41, 5.74) is 2.09. The van der Waals surface area contributed by atoms with Crippen LogP contribution in [0.15, 0.2) is 23.1 Å². The Hall–Kier alpha value is -1.86. The minimum absolute atomic E-state index is 0.0269. The van der Waals surface area contributed by atoms with Gasteiger partial charge in [-0.15, -0.1) is 0 Å². The molecule has 1 atom stereocenters. The molecular formula is C17H17NO4S2. The maximum absolute atomic E-state index is 12.5. The molecule has 1 N–H and O–H groups in total. The van der Waals surface area contributed by atoms with E-state index in [1.54, 1.807) is 0 Å². The molecule has 2 aliphatic rings. The Labute approximate surface area is 149 Å². The van der Waals surface area contributed by atoms with Crippen LogP contribution in [-0.2, 0) is 16.0 Å². The lowest BCUT2D eigenvalue weighted by Crippen LogP contribution is -2.29. The standard InChI is InChI=1S/C17H17NO4S2/c1-10-7-12-8-11(4-5-13(12)22-10)9-14-16(21)18(17(23)24-14)6-2-3-15(19)20/h4-5,8-10H,2-3,6-7H2,1H3,(H,19,20)/b14-9-/t10-/m0/s1. The first kappa shape index (κ1) is 17.0. The van der Waals surface area contributed by atoms with Gasteiger partial charge in [0.1, 0.15) is 16.2 Å². The second-order valence-electron chi connectivity index (χ2n) is 5.83. The number of fused-ring (bicyclic) bond motifs is 1. The molecule has 3 rings (SSSR count). The van der Waals surface area contributed by atoms with Gasteiger partial charge < -0.3 is 9.84 Å². The molecule has 1 aromatic carbocycles. The Kier molecular flexibility index (Phi) is 4.91. The molecule has 5 nitrogen and oxygen atoms in total. The van der Waals surface area contributed by atoms with Gasteiger partial charge in [0.25, 0.3) is 5.91 Å². The number of aliphatic carboxylic acids is 1. The lowest BCUT2D eigenvalue weighted by atomic mass is 10.1. The van der Waals surface area contributed by atoms with E-state index in [1.807, 2.05) is 31.2 Å². The zero-order chi connectivity index (χ0) is 17.3. The molecule has 0 unspecified atom stereocenters. The first-order valence-corrected chi connectivity index (χ1v) is 8.93. The summed E-state index contributed by atoms with van der Waals surface area (Å²) in [6.45, 7) is 2.37. The minimum atomic E-state index is -0.870. The molecule has 1 amide bonds. The summed E-state index contributed by atoms with van der Waals surface area (Å²) in [6.07, 6.45) is 3.30. The number of thiocarbonyl (C=S) groups is 1. The molecule has 2 aliphatic heterocycles. The fraction of sp³-hybridized carbons (Fsp3) is 0.353. The Balaban J connectivity index is 1.72. The van der Waals surface area contributed by atoms with Crippen molar-refractivity contribution in [3.63, 3.8) is 0 Å². The summed E-state index contributed by atoms with van der Waals surface area (Å²) in [6, 6.07) is 5.89. The highest BCUT2D eigenvalue weighted by molar-refractivity contribution is 8.26. The molecular weight excluding hydrogens is 346 g/mol. The van der Waals surface area contributed by atoms with Crippen molar-refractivity contribution in [1.29, 1.82) is 0 Å². The lowest BCUT2D eigenvalue weighted by Gasteiger charge is -2.13. The van der Waals surface area contributed by atoms with E-state index in [9.17, 15) is 9.59 Å². The van der Waals surface area contributed by atoms with E-state index >= 15 is 0 Å². The number of rotatable bonds is 5. The van der Waals surface area contributed by atoms with Crippen LogP contribution < -0.4 is 4.74 Å². The van der Waals surface area contributed by atoms with Crippen molar-refractivity contribution in [3.05, 3.63) is 34.2 Å². The Bertz CT molecular complexity index is 744. The van der Waals surface area contributed by atoms with Crippen LogP contribution in [0.5, 0.6) is 5.75 Å². The van der Waals surface area contributed by atoms with Crippen LogP contribution in [0, 0.1) is 0 Å². The summed E-state index contributed by atoms with van der Waals surface area (Å²) in [7, 11) is 0. The van der Waals surface area contributed by atoms with E-state index in [2.05, 4.69) is 0 Å². The Morgan fingerprint density at radius 3 is 3.08 bits per heavy atom. The number of carboxylic acids is 1. The van der Waals surface area contributed by atoms with Gasteiger partial charge in [-0.1, -0.05) is 30.0 Å². The van der Waals surface area contributed by atoms with Crippen molar-refractivity contribution in [3.8, 4) is 5.75 Å². The molecule has 0 aliphatic carbocycles. The van der Waals surface area contributed by atoms with Crippen molar-refractivity contribution in [2.24, 2.45) is 0 Å². The van der Waals surface area contributed by atoms with Crippen molar-refractivity contribution in [2.45, 2.75) is 32.3 Å². The largest absolute Gasteiger partial charge is 0.490 e. The Morgan fingerprint density at radius 2 is 2.33 bits per heavy atom. The third-order valence-corrected chi connectivity index (χ3v) is 5.24. The molecule has 0 bridgehead atoms. The maximum Gasteiger partial charge on any atom is 0.303 e. The average Bonchev–Trinajstić information content (AvgIpc) is 3.00. The Morgan fingerprint density at radius 1 is 1.54 bits per heavy atom. The highest BCUT2D eigenvalue weighted by Crippen LogP contribution is 2.34. The van der Waals surface area contributed by atoms with Gasteiger partial charge in [-0.05, 0) is 42.7 Å². The summed E-state index contributed by atoms with van der Waals surface area (Å²) in [5, 5.41) is 8.70. The van der Waals surface area contributed by atoms with Gasteiger partial charge in [0.15, 0.2) is 0 Å². The number of thioether (sulfide) groups is 1. The number of hydrogen-bond donors (Lipinski definition) is 1. The van der Waals surface area contributed by atoms with E-state index in [-0.39, 0.29) is 18.4 Å². The SMILES string of the molecule is C[C@H]1Cc2cc(/C=C3\SC(=S)N(CCCC(=O)O)C3=O)ccc2O1. The quantitative estimate of drug-likeness (QED) is 0.641. The number of carboxylic acid groups (broad SMARTS) is 1. The van der Waals surface area contributed by atoms with Gasteiger partial charge in [-0.3, -0.25) is 14.5 Å². The topological polar surface area (TPSA) is 66.8 Å². The molecule has 126 valence electrons. The maximum atomic E-state index is 12.5. The molecule has 1 aromatic rings. The van der Waals surface area contributed by atoms with E-state index in [4.69, 9.17) is 22.1 Å². The van der Waals surface area contributed by atoms with E-state index in [1.165, 1.54) is 16.7 Å². The van der Waals surface area contributed by atoms with Crippen LogP contribution in [0.3, 0.4) is 0 Å². The first-order valence-electron chi connectivity index (χ1n) is 7.71. The van der Waals surface area contributed by atoms with E-state index in [0.717, 1.165) is 23.3 Å². The second kappa shape index (κ2) is 6.94. The van der Waals surface area contributed by atoms with Crippen LogP contribution in [0.4, 0.5) is 0 Å². The van der Waals surface area contributed by atoms with Gasteiger partial charge in [0.05, 0.1) is 4.91 Å². The molecule has 24 heavy (non-hydrogen) atoms. The van der Waals surface area contributed by atoms with E-state index in [0.29, 0.717) is 22.2 Å². The highest BCUT2D eigenvalue weighted by atomic mass is 32.2. The summed E-state index contributed by atoms with van der Waals surface area (Å²) in [5.74, 6) is -0.119. The number of hydrogen-bond acceptors (Lipinski definition) is 5. The summed E-state index contributed by atoms with van der Waals surface area (Å²) < 4.78 is 6.16. The van der Waals surface area contributed by atoms with Crippen LogP contribution >= 0.6 is 24.0 Å². The zero-order valence-corrected chi connectivity index (χ0v) is 14.8. The number of amides is 1. The number of carbonyl (C=O) groups is 2. The van der Waals surface area contributed by atoms with Gasteiger partial charge in [-0.25, -0.2) is 0 Å². The lowest BCUT2D eigenvalue weighted by molar-refractivity contribution is -0.137. The molecule has 0 aromatic heterocycles. The average molecular weight is 363 g/mol. The predicted octanol–water partition coefficient (Wildman–Crippen LogP) is 3.08. The van der Waals surface area contributed by atoms with Gasteiger partial charge in [0, 0.05) is 19.4 Å². The van der Waals surface area contributed by atoms with Crippen molar-refractivity contribution in [2.75, 3.05) is 6.54 Å². The fourth-order valence-electron chi connectivity index (χ4n) is 2.76. The van der Waals surface area contributed by atoms with Crippen molar-refractivity contribution in [1.82, 2.24) is 4.90 Å². The molecule has 0 spiro atoms. The minimum Gasteiger partial charge on any atom is -0.490 e. The van der Waals surface area contributed by atoms with Crippen molar-refractivity contribution < 1.29 is 19.4 Å². The number of carbonyl (C=O) groups excluding carboxylic acids is 1. The van der Waals surface area contributed by atoms with Crippen LogP contribution in [-0.4, -0.2) is 38.9 Å². The molecule has 0 saturated carbocycles. The number of nitrogens with zero attached hydrogens (tertiary/aromatic N) is 1. The van der Waals surface area contributed by atoms with Crippen LogP contribution in [0.25, 0.3) is 6.08 Å². The third kappa shape index (κ3) is 3.62. The smallest absolute Gasteiger partial charge is 0.303 e. The number of ether oxygens (including phenoxy) is 1. The van der Waals surface area contributed by atoms with E-state index < -0.39 is 5.97 Å². The second-order valence-corrected chi connectivity index (χ2v) is 7.51. The number of benzene rings is 1. The first-order chi connectivity index (χ1) is 11.4. The highest BCUT2D eigenvalue weighted by Gasteiger charge is 2.31. The van der Waals surface area contributed by atoms with Crippen molar-refractivity contribution >= 4 is 46.3 Å². The summed E-state index contributed by atoms with van der Waals surface area (Å²) >= 11 is 6.50. The predicted molar refractivity (Wildman–Crippen MR) is 97.0 cm³/mol. The fourth-order valence-corrected chi connectivity index (χ4v) is 4.07. The van der Waals surface area contributed by atoms with Crippen LogP contribution in [0.2, 0.25) is 0 Å². The zero-order valence-electron chi connectivity index (χ0n) is 13.2. The van der Waals surface area contributed by atoms with Gasteiger partial charge in [-0.2, -0.15) is 0 Å². The molecule has 7 heteroatoms. The molecule has 0 radical (unpaired) electrons. The molecule has 2 heterocycles. The third-order valence-electron chi connectivity index (χ3n) is 3.86. The monoisotopic (exact) mass is 363 g/mol. The molecule has 1 saturated heterocycles. The van der Waals surface area contributed by atoms with Crippen LogP contribution in [0.1, 0.15) is 30.9 Å². The normalized spacial score (nSPS) is 21.3. The molecule has 1 fully saturated rings.